The summed E-state index contributed by atoms with van der Waals surface area (Å²) < 4.78 is 1.76. The van der Waals surface area contributed by atoms with Gasteiger partial charge in [-0.2, -0.15) is 5.10 Å². The number of nitrogens with one attached hydrogen (secondary N) is 1. The van der Waals surface area contributed by atoms with Crippen molar-refractivity contribution >= 4 is 5.91 Å². The maximum atomic E-state index is 11.7. The van der Waals surface area contributed by atoms with Crippen molar-refractivity contribution in [2.75, 3.05) is 13.6 Å². The second-order valence-electron chi connectivity index (χ2n) is 4.36. The molecule has 1 heterocycles. The largest absolute Gasteiger partial charge is 0.342 e. The number of likely N-dealkylation sites (N-methyl/N-ethyl adjacent to an activating group) is 1. The van der Waals surface area contributed by atoms with E-state index in [1.54, 1.807) is 4.68 Å². The van der Waals surface area contributed by atoms with E-state index >= 15 is 0 Å². The molecule has 5 nitrogen and oxygen atoms in total. The van der Waals surface area contributed by atoms with E-state index < -0.39 is 0 Å². The number of carbonyl (C=O) groups is 1. The van der Waals surface area contributed by atoms with Gasteiger partial charge in [0.2, 0.25) is 5.91 Å². The number of aryl methyl sites for hydroxylation is 1. The SMILES string of the molecule is CN(C(=O)CNCc1cnn(C)c1)C1CC1. The van der Waals surface area contributed by atoms with Crippen molar-refractivity contribution in [3.05, 3.63) is 18.0 Å². The lowest BCUT2D eigenvalue weighted by Crippen LogP contribution is -2.36. The summed E-state index contributed by atoms with van der Waals surface area (Å²) in [7, 11) is 3.77. The van der Waals surface area contributed by atoms with E-state index in [1.807, 2.05) is 31.4 Å². The maximum Gasteiger partial charge on any atom is 0.236 e. The van der Waals surface area contributed by atoms with Crippen molar-refractivity contribution in [1.29, 1.82) is 0 Å². The molecule has 1 aliphatic carbocycles. The number of amides is 1. The molecule has 0 atom stereocenters. The van der Waals surface area contributed by atoms with Crippen molar-refractivity contribution in [2.45, 2.75) is 25.4 Å². The van der Waals surface area contributed by atoms with E-state index in [1.165, 1.54) is 0 Å². The third-order valence-electron chi connectivity index (χ3n) is 2.85. The van der Waals surface area contributed by atoms with Crippen molar-refractivity contribution in [3.8, 4) is 0 Å². The molecule has 0 unspecified atom stereocenters. The third kappa shape index (κ3) is 2.82. The molecule has 1 N–H and O–H groups in total. The standard InChI is InChI=1S/C11H18N4O/c1-14-8-9(6-13-14)5-12-7-11(16)15(2)10-3-4-10/h6,8,10,12H,3-5,7H2,1-2H3. The van der Waals surface area contributed by atoms with Gasteiger partial charge in [-0.05, 0) is 12.8 Å². The lowest BCUT2D eigenvalue weighted by atomic mass is 10.3. The van der Waals surface area contributed by atoms with E-state index in [9.17, 15) is 4.79 Å². The fourth-order valence-electron chi connectivity index (χ4n) is 1.67. The van der Waals surface area contributed by atoms with E-state index in [4.69, 9.17) is 0 Å². The highest BCUT2D eigenvalue weighted by atomic mass is 16.2. The monoisotopic (exact) mass is 222 g/mol. The minimum Gasteiger partial charge on any atom is -0.342 e. The topological polar surface area (TPSA) is 50.2 Å². The molecular weight excluding hydrogens is 204 g/mol. The van der Waals surface area contributed by atoms with Crippen LogP contribution in [-0.4, -0.2) is 40.2 Å². The number of hydrogen-bond donors (Lipinski definition) is 1. The van der Waals surface area contributed by atoms with Gasteiger partial charge in [-0.15, -0.1) is 0 Å². The van der Waals surface area contributed by atoms with Crippen LogP contribution in [0.15, 0.2) is 12.4 Å². The van der Waals surface area contributed by atoms with Crippen LogP contribution < -0.4 is 5.32 Å². The van der Waals surface area contributed by atoms with Crippen LogP contribution in [0.4, 0.5) is 0 Å². The molecule has 5 heteroatoms. The fourth-order valence-corrected chi connectivity index (χ4v) is 1.67. The number of aromatic nitrogens is 2. The maximum absolute atomic E-state index is 11.7. The van der Waals surface area contributed by atoms with Crippen LogP contribution in [0.25, 0.3) is 0 Å². The number of nitrogens with zero attached hydrogens (tertiary/aromatic N) is 3. The molecule has 88 valence electrons. The van der Waals surface area contributed by atoms with Crippen molar-refractivity contribution in [1.82, 2.24) is 20.0 Å². The van der Waals surface area contributed by atoms with Crippen LogP contribution in [0, 0.1) is 0 Å². The van der Waals surface area contributed by atoms with Crippen LogP contribution in [-0.2, 0) is 18.4 Å². The van der Waals surface area contributed by atoms with Gasteiger partial charge in [0.25, 0.3) is 0 Å². The molecular formula is C11H18N4O. The summed E-state index contributed by atoms with van der Waals surface area (Å²) in [6.45, 7) is 1.10. The minimum absolute atomic E-state index is 0.173. The first-order chi connectivity index (χ1) is 7.66. The van der Waals surface area contributed by atoms with Gasteiger partial charge in [0, 0.05) is 38.4 Å². The fraction of sp³-hybridized carbons (Fsp3) is 0.636. The second-order valence-corrected chi connectivity index (χ2v) is 4.36. The first-order valence-corrected chi connectivity index (χ1v) is 5.60. The molecule has 0 aromatic carbocycles. The van der Waals surface area contributed by atoms with Gasteiger partial charge in [-0.1, -0.05) is 0 Å². The number of hydrogen-bond acceptors (Lipinski definition) is 3. The van der Waals surface area contributed by atoms with Gasteiger partial charge >= 0.3 is 0 Å². The lowest BCUT2D eigenvalue weighted by Gasteiger charge is -2.16. The summed E-state index contributed by atoms with van der Waals surface area (Å²) in [5, 5.41) is 7.20. The lowest BCUT2D eigenvalue weighted by molar-refractivity contribution is -0.129. The number of carbonyl (C=O) groups excluding carboxylic acids is 1. The van der Waals surface area contributed by atoms with E-state index in [2.05, 4.69) is 10.4 Å². The Morgan fingerprint density at radius 1 is 1.69 bits per heavy atom. The molecule has 1 amide bonds. The van der Waals surface area contributed by atoms with Gasteiger partial charge < -0.3 is 10.2 Å². The van der Waals surface area contributed by atoms with Crippen molar-refractivity contribution in [3.63, 3.8) is 0 Å². The van der Waals surface area contributed by atoms with Crippen LogP contribution in [0.1, 0.15) is 18.4 Å². The normalized spacial score (nSPS) is 15.1. The Labute approximate surface area is 95.4 Å². The Morgan fingerprint density at radius 2 is 2.44 bits per heavy atom. The molecule has 0 radical (unpaired) electrons. The van der Waals surface area contributed by atoms with Gasteiger partial charge in [0.1, 0.15) is 0 Å². The molecule has 1 aliphatic rings. The van der Waals surface area contributed by atoms with Gasteiger partial charge in [0.15, 0.2) is 0 Å². The van der Waals surface area contributed by atoms with Crippen LogP contribution in [0.5, 0.6) is 0 Å². The molecule has 1 aromatic rings. The summed E-state index contributed by atoms with van der Waals surface area (Å²) in [6, 6.07) is 0.493. The summed E-state index contributed by atoms with van der Waals surface area (Å²) in [4.78, 5) is 13.5. The molecule has 1 aromatic heterocycles. The average Bonchev–Trinajstić information content (AvgIpc) is 3.02. The van der Waals surface area contributed by atoms with Gasteiger partial charge in [0.05, 0.1) is 12.7 Å². The zero-order chi connectivity index (χ0) is 11.5. The van der Waals surface area contributed by atoms with E-state index in [0.29, 0.717) is 19.1 Å². The molecule has 0 spiro atoms. The Balaban J connectivity index is 1.69. The summed E-state index contributed by atoms with van der Waals surface area (Å²) in [6.07, 6.45) is 6.07. The Bertz CT molecular complexity index is 370. The summed E-state index contributed by atoms with van der Waals surface area (Å²) in [5.74, 6) is 0.173. The highest BCUT2D eigenvalue weighted by molar-refractivity contribution is 5.78. The van der Waals surface area contributed by atoms with Gasteiger partial charge in [-0.25, -0.2) is 0 Å². The van der Waals surface area contributed by atoms with Crippen LogP contribution in [0.3, 0.4) is 0 Å². The van der Waals surface area contributed by atoms with Gasteiger partial charge in [-0.3, -0.25) is 9.48 Å². The zero-order valence-electron chi connectivity index (χ0n) is 9.81. The van der Waals surface area contributed by atoms with Crippen molar-refractivity contribution < 1.29 is 4.79 Å². The molecule has 0 aliphatic heterocycles. The Morgan fingerprint density at radius 3 is 3.00 bits per heavy atom. The summed E-state index contributed by atoms with van der Waals surface area (Å²) >= 11 is 0. The highest BCUT2D eigenvalue weighted by Gasteiger charge is 2.28. The average molecular weight is 222 g/mol. The molecule has 1 saturated carbocycles. The summed E-state index contributed by atoms with van der Waals surface area (Å²) in [5.41, 5.74) is 1.10. The number of rotatable bonds is 5. The minimum atomic E-state index is 0.173. The third-order valence-corrected chi connectivity index (χ3v) is 2.85. The molecule has 16 heavy (non-hydrogen) atoms. The van der Waals surface area contributed by atoms with E-state index in [0.717, 1.165) is 18.4 Å². The molecule has 0 saturated heterocycles. The van der Waals surface area contributed by atoms with Crippen LogP contribution in [0.2, 0.25) is 0 Å². The Kier molecular flexibility index (Phi) is 3.24. The smallest absolute Gasteiger partial charge is 0.236 e. The predicted molar refractivity (Wildman–Crippen MR) is 60.7 cm³/mol. The molecule has 0 bridgehead atoms. The first kappa shape index (κ1) is 11.1. The van der Waals surface area contributed by atoms with E-state index in [-0.39, 0.29) is 5.91 Å². The van der Waals surface area contributed by atoms with Crippen molar-refractivity contribution in [2.24, 2.45) is 7.05 Å². The zero-order valence-corrected chi connectivity index (χ0v) is 9.81. The first-order valence-electron chi connectivity index (χ1n) is 5.60. The predicted octanol–water partition coefficient (Wildman–Crippen LogP) is 0.130. The Hall–Kier alpha value is -1.36. The van der Waals surface area contributed by atoms with Crippen LogP contribution >= 0.6 is 0 Å². The second kappa shape index (κ2) is 4.65. The quantitative estimate of drug-likeness (QED) is 0.770. The molecule has 1 fully saturated rings. The molecule has 2 rings (SSSR count). The highest BCUT2D eigenvalue weighted by Crippen LogP contribution is 2.24.